The molecule has 0 spiro atoms. The molecule has 0 radical (unpaired) electrons. The molecule has 3 rings (SSSR count). The molecule has 162 valence electrons. The zero-order valence-electron chi connectivity index (χ0n) is 17.5. The van der Waals surface area contributed by atoms with E-state index in [4.69, 9.17) is 9.84 Å². The fourth-order valence-corrected chi connectivity index (χ4v) is 3.45. The number of rotatable bonds is 5. The highest BCUT2D eigenvalue weighted by atomic mass is 19.1. The molecule has 2 aromatic rings. The second-order valence-electron chi connectivity index (χ2n) is 7.26. The minimum atomic E-state index is -1.29. The molecule has 1 aliphatic rings. The third-order valence-electron chi connectivity index (χ3n) is 4.95. The Labute approximate surface area is 179 Å². The van der Waals surface area contributed by atoms with E-state index < -0.39 is 17.4 Å². The van der Waals surface area contributed by atoms with Crippen LogP contribution < -0.4 is 10.1 Å². The molecule has 0 bridgehead atoms. The summed E-state index contributed by atoms with van der Waals surface area (Å²) < 4.78 is 19.8. The van der Waals surface area contributed by atoms with Crippen molar-refractivity contribution in [2.75, 3.05) is 20.2 Å². The van der Waals surface area contributed by atoms with Crippen LogP contribution in [-0.2, 0) is 4.79 Å². The molecule has 1 aromatic carbocycles. The summed E-state index contributed by atoms with van der Waals surface area (Å²) in [6.07, 6.45) is -0.994. The lowest BCUT2D eigenvalue weighted by Gasteiger charge is -2.24. The zero-order chi connectivity index (χ0) is 22.6. The van der Waals surface area contributed by atoms with Gasteiger partial charge in [0.05, 0.1) is 12.3 Å². The van der Waals surface area contributed by atoms with E-state index >= 15 is 0 Å². The van der Waals surface area contributed by atoms with Crippen molar-refractivity contribution in [2.45, 2.75) is 32.2 Å². The van der Waals surface area contributed by atoms with Crippen molar-refractivity contribution >= 4 is 12.0 Å². The molecule has 2 heterocycles. The molecule has 1 fully saturated rings. The third-order valence-corrected chi connectivity index (χ3v) is 4.95. The van der Waals surface area contributed by atoms with E-state index in [1.165, 1.54) is 11.0 Å². The normalized spacial score (nSPS) is 17.8. The van der Waals surface area contributed by atoms with E-state index in [9.17, 15) is 14.0 Å². The molecule has 0 saturated carbocycles. The lowest BCUT2D eigenvalue weighted by molar-refractivity contribution is -0.131. The summed E-state index contributed by atoms with van der Waals surface area (Å²) in [5, 5.41) is 11.5. The summed E-state index contributed by atoms with van der Waals surface area (Å²) in [6, 6.07) is 6.06. The molecule has 1 atom stereocenters. The molecule has 1 aromatic heterocycles. The van der Waals surface area contributed by atoms with Crippen LogP contribution in [-0.4, -0.2) is 57.7 Å². The number of benzene rings is 1. The topological polar surface area (TPSA) is 105 Å². The van der Waals surface area contributed by atoms with E-state index in [0.29, 0.717) is 36.7 Å². The molecule has 2 amide bonds. The highest BCUT2D eigenvalue weighted by Gasteiger charge is 2.46. The van der Waals surface area contributed by atoms with Crippen LogP contribution in [0.5, 0.6) is 5.75 Å². The number of aryl methyl sites for hydroxylation is 1. The number of likely N-dealkylation sites (tertiary alicyclic amines) is 1. The van der Waals surface area contributed by atoms with E-state index in [1.54, 1.807) is 32.2 Å². The van der Waals surface area contributed by atoms with Gasteiger partial charge in [-0.2, -0.15) is 0 Å². The highest BCUT2D eigenvalue weighted by molar-refractivity contribution is 5.91. The number of hydrogen-bond acceptors (Lipinski definition) is 5. The number of carbonyl (C=O) groups is 2. The number of aromatic nitrogens is 2. The second-order valence-corrected chi connectivity index (χ2v) is 7.26. The Hall–Kier alpha value is -3.67. The van der Waals surface area contributed by atoms with Gasteiger partial charge in [0, 0.05) is 31.3 Å². The monoisotopic (exact) mass is 426 g/mol. The Bertz CT molecular complexity index is 1080. The molecular formula is C22H23FN4O4. The van der Waals surface area contributed by atoms with Crippen LogP contribution in [0.25, 0.3) is 11.3 Å². The van der Waals surface area contributed by atoms with E-state index in [1.807, 2.05) is 6.92 Å². The predicted molar refractivity (Wildman–Crippen MR) is 111 cm³/mol. The number of nitrogens with one attached hydrogen (secondary N) is 1. The number of ether oxygens (including phenoxy) is 1. The summed E-state index contributed by atoms with van der Waals surface area (Å²) >= 11 is 0. The van der Waals surface area contributed by atoms with Gasteiger partial charge >= 0.3 is 6.09 Å². The summed E-state index contributed by atoms with van der Waals surface area (Å²) in [5.74, 6) is 5.50. The first-order chi connectivity index (χ1) is 14.7. The lowest BCUT2D eigenvalue weighted by atomic mass is 9.93. The summed E-state index contributed by atoms with van der Waals surface area (Å²) in [5.41, 5.74) is -0.0920. The molecule has 1 saturated heterocycles. The van der Waals surface area contributed by atoms with Gasteiger partial charge in [-0.1, -0.05) is 5.92 Å². The number of hydrogen-bond donors (Lipinski definition) is 2. The van der Waals surface area contributed by atoms with Gasteiger partial charge in [0.25, 0.3) is 0 Å². The Morgan fingerprint density at radius 2 is 2.16 bits per heavy atom. The van der Waals surface area contributed by atoms with Gasteiger partial charge in [-0.15, -0.1) is 0 Å². The summed E-state index contributed by atoms with van der Waals surface area (Å²) in [7, 11) is 1.61. The number of carbonyl (C=O) groups excluding carboxylic acids is 1. The molecule has 8 nitrogen and oxygen atoms in total. The van der Waals surface area contributed by atoms with Gasteiger partial charge < -0.3 is 20.1 Å². The number of amides is 2. The Morgan fingerprint density at radius 1 is 1.39 bits per heavy atom. The zero-order valence-corrected chi connectivity index (χ0v) is 17.5. The van der Waals surface area contributed by atoms with Crippen molar-refractivity contribution in [1.29, 1.82) is 0 Å². The Morgan fingerprint density at radius 3 is 2.81 bits per heavy atom. The van der Waals surface area contributed by atoms with E-state index in [-0.39, 0.29) is 23.7 Å². The molecule has 31 heavy (non-hydrogen) atoms. The maximum absolute atomic E-state index is 14.4. The molecule has 0 aliphatic carbocycles. The minimum absolute atomic E-state index is 0.0245. The molecule has 2 N–H and O–H groups in total. The number of nitrogens with zero attached hydrogens (tertiary/aromatic N) is 3. The first kappa shape index (κ1) is 22.0. The first-order valence-corrected chi connectivity index (χ1v) is 9.78. The first-order valence-electron chi connectivity index (χ1n) is 9.78. The average molecular weight is 426 g/mol. The quantitative estimate of drug-likeness (QED) is 0.712. The maximum Gasteiger partial charge on any atom is 0.405 e. The van der Waals surface area contributed by atoms with Crippen LogP contribution >= 0.6 is 0 Å². The van der Waals surface area contributed by atoms with E-state index in [2.05, 4.69) is 27.1 Å². The van der Waals surface area contributed by atoms with Crippen LogP contribution in [0.15, 0.2) is 24.3 Å². The van der Waals surface area contributed by atoms with Crippen molar-refractivity contribution in [3.05, 3.63) is 41.6 Å². The molecule has 1 aliphatic heterocycles. The van der Waals surface area contributed by atoms with Crippen LogP contribution in [0.3, 0.4) is 0 Å². The molecular weight excluding hydrogens is 403 g/mol. The number of carboxylic acid groups (broad SMARTS) is 1. The van der Waals surface area contributed by atoms with Gasteiger partial charge in [0.1, 0.15) is 17.1 Å². The summed E-state index contributed by atoms with van der Waals surface area (Å²) in [6.45, 7) is 4.46. The van der Waals surface area contributed by atoms with Crippen LogP contribution in [0.2, 0.25) is 0 Å². The smallest absolute Gasteiger partial charge is 0.405 e. The van der Waals surface area contributed by atoms with Gasteiger partial charge in [-0.25, -0.2) is 19.2 Å². The SMILES string of the molecule is CCOc1ccc(F)c(-c2cc(C)nc(C#CC[C@@]3(NC(=O)O)CCN(C)C3=O)n2)c1. The number of halogens is 1. The lowest BCUT2D eigenvalue weighted by Crippen LogP contribution is -2.53. The fraction of sp³-hybridized carbons (Fsp3) is 0.364. The van der Waals surface area contributed by atoms with Crippen molar-refractivity contribution in [3.63, 3.8) is 0 Å². The van der Waals surface area contributed by atoms with Crippen LogP contribution in [0.1, 0.15) is 31.3 Å². The maximum atomic E-state index is 14.4. The minimum Gasteiger partial charge on any atom is -0.494 e. The van der Waals surface area contributed by atoms with Crippen molar-refractivity contribution in [2.24, 2.45) is 0 Å². The average Bonchev–Trinajstić information content (AvgIpc) is 2.97. The molecule has 9 heteroatoms. The van der Waals surface area contributed by atoms with Crippen LogP contribution in [0.4, 0.5) is 9.18 Å². The Balaban J connectivity index is 1.90. The van der Waals surface area contributed by atoms with Crippen molar-refractivity contribution in [1.82, 2.24) is 20.2 Å². The summed E-state index contributed by atoms with van der Waals surface area (Å²) in [4.78, 5) is 33.7. The van der Waals surface area contributed by atoms with Crippen molar-refractivity contribution < 1.29 is 23.8 Å². The molecule has 0 unspecified atom stereocenters. The van der Waals surface area contributed by atoms with Crippen molar-refractivity contribution in [3.8, 4) is 28.8 Å². The standard InChI is InChI=1S/C22H23FN4O4/c1-4-31-15-7-8-17(23)16(13-15)18-12-14(2)24-19(25-18)6-5-9-22(26-21(29)30)10-11-27(3)20(22)28/h7-8,12-13,26H,4,9-11H2,1-3H3,(H,29,30)/t22-/m1/s1. The third kappa shape index (κ3) is 4.91. The largest absolute Gasteiger partial charge is 0.494 e. The highest BCUT2D eigenvalue weighted by Crippen LogP contribution is 2.27. The number of likely N-dealkylation sites (N-methyl/N-ethyl adjacent to an activating group) is 1. The van der Waals surface area contributed by atoms with Gasteiger partial charge in [-0.3, -0.25) is 4.79 Å². The predicted octanol–water partition coefficient (Wildman–Crippen LogP) is 2.60. The van der Waals surface area contributed by atoms with Gasteiger partial charge in [-0.05, 0) is 50.5 Å². The second kappa shape index (κ2) is 9.00. The van der Waals surface area contributed by atoms with Crippen LogP contribution in [0, 0.1) is 24.6 Å². The van der Waals surface area contributed by atoms with Gasteiger partial charge in [0.2, 0.25) is 11.7 Å². The Kier molecular flexibility index (Phi) is 6.39. The van der Waals surface area contributed by atoms with Gasteiger partial charge in [0.15, 0.2) is 0 Å². The van der Waals surface area contributed by atoms with E-state index in [0.717, 1.165) is 0 Å². The fourth-order valence-electron chi connectivity index (χ4n) is 3.45.